The first-order valence-electron chi connectivity index (χ1n) is 10.5. The maximum absolute atomic E-state index is 13.6. The van der Waals surface area contributed by atoms with Gasteiger partial charge in [0.05, 0.1) is 32.2 Å². The van der Waals surface area contributed by atoms with Crippen LogP contribution in [-0.2, 0) is 16.4 Å². The van der Waals surface area contributed by atoms with E-state index < -0.39 is 27.2 Å². The van der Waals surface area contributed by atoms with Gasteiger partial charge < -0.3 is 10.1 Å². The second-order valence-corrected chi connectivity index (χ2v) is 11.5. The van der Waals surface area contributed by atoms with Crippen molar-refractivity contribution in [3.8, 4) is 5.69 Å². The number of nitrogens with zero attached hydrogens (tertiary/aromatic N) is 2. The molecule has 0 saturated carbocycles. The lowest BCUT2D eigenvalue weighted by molar-refractivity contribution is 0.0704. The number of sulfonamides is 1. The molecule has 4 aromatic rings. The molecule has 5 rings (SSSR count). The fraction of sp³-hybridized carbons (Fsp3) is 0.174. The lowest BCUT2D eigenvalue weighted by Crippen LogP contribution is -2.36. The van der Waals surface area contributed by atoms with Crippen molar-refractivity contribution in [2.75, 3.05) is 10.8 Å². The topological polar surface area (TPSA) is 130 Å². The molecular formula is C23H18ClN3O6S2. The Balaban J connectivity index is 1.72. The molecule has 3 heterocycles. The number of anilines is 1. The number of aromatic carboxylic acids is 1. The van der Waals surface area contributed by atoms with Gasteiger partial charge in [0, 0.05) is 11.4 Å². The molecular weight excluding hydrogens is 514 g/mol. The van der Waals surface area contributed by atoms with Gasteiger partial charge in [0.2, 0.25) is 0 Å². The highest BCUT2D eigenvalue weighted by atomic mass is 35.5. The Morgan fingerprint density at radius 3 is 2.63 bits per heavy atom. The lowest BCUT2D eigenvalue weighted by atomic mass is 10.0. The molecule has 2 N–H and O–H groups in total. The minimum absolute atomic E-state index is 0.0428. The fourth-order valence-corrected chi connectivity index (χ4v) is 7.04. The quantitative estimate of drug-likeness (QED) is 0.414. The second-order valence-electron chi connectivity index (χ2n) is 8.04. The Hall–Kier alpha value is -3.41. The highest BCUT2D eigenvalue weighted by Crippen LogP contribution is 2.33. The van der Waals surface area contributed by atoms with Crippen LogP contribution in [0.2, 0.25) is 5.02 Å². The average Bonchev–Trinajstić information content (AvgIpc) is 3.16. The van der Waals surface area contributed by atoms with Crippen LogP contribution in [0.5, 0.6) is 0 Å². The molecule has 1 aliphatic heterocycles. The van der Waals surface area contributed by atoms with Gasteiger partial charge in [-0.3, -0.25) is 9.10 Å². The first-order chi connectivity index (χ1) is 16.6. The minimum atomic E-state index is -4.05. The maximum atomic E-state index is 13.6. The third kappa shape index (κ3) is 3.67. The van der Waals surface area contributed by atoms with E-state index in [0.29, 0.717) is 21.6 Å². The molecule has 2 aromatic carbocycles. The summed E-state index contributed by atoms with van der Waals surface area (Å²) in [5, 5.41) is 9.33. The summed E-state index contributed by atoms with van der Waals surface area (Å²) >= 11 is 7.18. The van der Waals surface area contributed by atoms with Crippen molar-refractivity contribution in [1.82, 2.24) is 9.55 Å². The molecule has 0 amide bonds. The summed E-state index contributed by atoms with van der Waals surface area (Å²) in [6.45, 7) is 1.87. The van der Waals surface area contributed by atoms with Crippen molar-refractivity contribution >= 4 is 55.5 Å². The molecule has 1 aliphatic rings. The summed E-state index contributed by atoms with van der Waals surface area (Å²) in [4.78, 5) is 40.6. The third-order valence-corrected chi connectivity index (χ3v) is 9.17. The van der Waals surface area contributed by atoms with Gasteiger partial charge >= 0.3 is 11.7 Å². The predicted octanol–water partition coefficient (Wildman–Crippen LogP) is 3.54. The van der Waals surface area contributed by atoms with Crippen molar-refractivity contribution in [2.45, 2.75) is 24.7 Å². The molecule has 9 nitrogen and oxygen atoms in total. The van der Waals surface area contributed by atoms with Gasteiger partial charge in [-0.15, -0.1) is 11.3 Å². The monoisotopic (exact) mass is 531 g/mol. The van der Waals surface area contributed by atoms with E-state index in [2.05, 4.69) is 4.98 Å². The molecule has 180 valence electrons. The molecule has 0 radical (unpaired) electrons. The molecule has 0 saturated heterocycles. The Kier molecular flexibility index (Phi) is 5.58. The van der Waals surface area contributed by atoms with Crippen LogP contribution >= 0.6 is 22.9 Å². The highest BCUT2D eigenvalue weighted by molar-refractivity contribution is 7.92. The molecule has 0 spiro atoms. The molecule has 0 bridgehead atoms. The number of fused-ring (bicyclic) bond motifs is 2. The van der Waals surface area contributed by atoms with E-state index in [9.17, 15) is 27.9 Å². The normalized spacial score (nSPS) is 13.7. The van der Waals surface area contributed by atoms with Crippen molar-refractivity contribution in [1.29, 1.82) is 0 Å². The first kappa shape index (κ1) is 23.3. The molecule has 12 heteroatoms. The number of halogens is 1. The van der Waals surface area contributed by atoms with Crippen molar-refractivity contribution in [3.05, 3.63) is 83.6 Å². The summed E-state index contributed by atoms with van der Waals surface area (Å²) in [5.41, 5.74) is -0.310. The van der Waals surface area contributed by atoms with E-state index in [1.54, 1.807) is 19.1 Å². The molecule has 0 atom stereocenters. The number of hydrogen-bond donors (Lipinski definition) is 2. The second kappa shape index (κ2) is 8.36. The minimum Gasteiger partial charge on any atom is -0.477 e. The number of nitrogens with one attached hydrogen (secondary N) is 1. The SMILES string of the molecule is Cc1sc(C(=O)O)c2c(=O)n(-c3cc(S(=O)(=O)N4CCCc5ccccc54)ccc3Cl)c(=O)[nH]c12. The molecule has 0 aliphatic carbocycles. The number of carboxylic acid groups (broad SMARTS) is 1. The van der Waals surface area contributed by atoms with E-state index in [1.165, 1.54) is 16.4 Å². The van der Waals surface area contributed by atoms with Crippen LogP contribution in [0.4, 0.5) is 5.69 Å². The van der Waals surface area contributed by atoms with E-state index in [1.807, 2.05) is 12.1 Å². The number of aromatic nitrogens is 2. The molecule has 0 fully saturated rings. The zero-order valence-electron chi connectivity index (χ0n) is 18.2. The maximum Gasteiger partial charge on any atom is 0.346 e. The van der Waals surface area contributed by atoms with Crippen LogP contribution in [0.3, 0.4) is 0 Å². The third-order valence-electron chi connectivity index (χ3n) is 5.94. The number of aromatic amines is 1. The number of carbonyl (C=O) groups is 1. The first-order valence-corrected chi connectivity index (χ1v) is 13.2. The summed E-state index contributed by atoms with van der Waals surface area (Å²) in [6.07, 6.45) is 1.40. The van der Waals surface area contributed by atoms with Gasteiger partial charge in [0.25, 0.3) is 15.6 Å². The number of benzene rings is 2. The summed E-state index contributed by atoms with van der Waals surface area (Å²) in [6, 6.07) is 11.0. The van der Waals surface area contributed by atoms with Gasteiger partial charge in [-0.1, -0.05) is 29.8 Å². The van der Waals surface area contributed by atoms with E-state index in [0.717, 1.165) is 29.4 Å². The fourth-order valence-electron chi connectivity index (χ4n) is 4.34. The van der Waals surface area contributed by atoms with Gasteiger partial charge in [-0.2, -0.15) is 0 Å². The summed E-state index contributed by atoms with van der Waals surface area (Å²) in [5.74, 6) is -1.31. The Labute approximate surface area is 207 Å². The van der Waals surface area contributed by atoms with Gasteiger partial charge in [-0.05, 0) is 49.6 Å². The summed E-state index contributed by atoms with van der Waals surface area (Å²) in [7, 11) is -4.05. The van der Waals surface area contributed by atoms with Crippen molar-refractivity contribution < 1.29 is 18.3 Å². The van der Waals surface area contributed by atoms with Crippen molar-refractivity contribution in [3.63, 3.8) is 0 Å². The predicted molar refractivity (Wildman–Crippen MR) is 134 cm³/mol. The standard InChI is InChI=1S/C23H18ClN3O6S2/c1-12-19-18(20(34-12)22(29)30)21(28)27(23(31)25-19)17-11-14(8-9-15(17)24)35(32,33)26-10-4-6-13-5-2-3-7-16(13)26/h2-3,5,7-9,11H,4,6,10H2,1H3,(H,25,31)(H,29,30). The van der Waals surface area contributed by atoms with E-state index in [4.69, 9.17) is 11.6 Å². The van der Waals surface area contributed by atoms with Gasteiger partial charge in [-0.25, -0.2) is 22.6 Å². The van der Waals surface area contributed by atoms with Crippen molar-refractivity contribution in [2.24, 2.45) is 0 Å². The Morgan fingerprint density at radius 2 is 1.89 bits per heavy atom. The lowest BCUT2D eigenvalue weighted by Gasteiger charge is -2.30. The molecule has 0 unspecified atom stereocenters. The summed E-state index contributed by atoms with van der Waals surface area (Å²) < 4.78 is 29.2. The number of aryl methyl sites for hydroxylation is 2. The van der Waals surface area contributed by atoms with Crippen LogP contribution in [-0.4, -0.2) is 35.6 Å². The number of para-hydroxylation sites is 1. The van der Waals surface area contributed by atoms with Gasteiger partial charge in [0.1, 0.15) is 4.88 Å². The number of hydrogen-bond acceptors (Lipinski definition) is 6. The van der Waals surface area contributed by atoms with Crippen LogP contribution < -0.4 is 15.6 Å². The Bertz CT molecular complexity index is 1750. The van der Waals surface area contributed by atoms with Gasteiger partial charge in [0.15, 0.2) is 0 Å². The number of thiophene rings is 1. The highest BCUT2D eigenvalue weighted by Gasteiger charge is 2.30. The zero-order valence-corrected chi connectivity index (χ0v) is 20.6. The molecule has 35 heavy (non-hydrogen) atoms. The zero-order chi connectivity index (χ0) is 25.1. The number of carboxylic acids is 1. The average molecular weight is 532 g/mol. The molecule has 2 aromatic heterocycles. The number of rotatable bonds is 4. The Morgan fingerprint density at radius 1 is 1.14 bits per heavy atom. The largest absolute Gasteiger partial charge is 0.477 e. The smallest absolute Gasteiger partial charge is 0.346 e. The van der Waals surface area contributed by atoms with Crippen LogP contribution in [0.15, 0.2) is 56.9 Å². The van der Waals surface area contributed by atoms with Crippen LogP contribution in [0.1, 0.15) is 26.5 Å². The number of H-pyrrole nitrogens is 1. The van der Waals surface area contributed by atoms with E-state index >= 15 is 0 Å². The van der Waals surface area contributed by atoms with E-state index in [-0.39, 0.29) is 37.9 Å². The van der Waals surface area contributed by atoms with Crippen LogP contribution in [0, 0.1) is 6.92 Å². The van der Waals surface area contributed by atoms with Crippen LogP contribution in [0.25, 0.3) is 16.6 Å².